The number of carbonyl (C=O) groups excluding carboxylic acids is 6. The highest BCUT2D eigenvalue weighted by Gasteiger charge is 2.68. The van der Waals surface area contributed by atoms with E-state index in [0.717, 1.165) is 44.1 Å². The van der Waals surface area contributed by atoms with Crippen molar-refractivity contribution in [3.63, 3.8) is 0 Å². The van der Waals surface area contributed by atoms with Gasteiger partial charge in [-0.3, -0.25) is 28.8 Å². The van der Waals surface area contributed by atoms with Gasteiger partial charge in [0.1, 0.15) is 17.5 Å². The molecule has 8 aliphatic rings. The number of hydrogen-bond acceptors (Lipinski definition) is 9. The molecule has 8 rings (SSSR count). The molecule has 0 aliphatic heterocycles. The van der Waals surface area contributed by atoms with Gasteiger partial charge in [-0.15, -0.1) is 0 Å². The molecule has 0 amide bonds. The minimum Gasteiger partial charge on any atom is -0.462 e. The Labute approximate surface area is 319 Å². The maximum Gasteiger partial charge on any atom is 0.306 e. The van der Waals surface area contributed by atoms with Gasteiger partial charge in [0.15, 0.2) is 18.2 Å². The molecular formula is C45H58O9. The molecule has 292 valence electrons. The zero-order valence-electron chi connectivity index (χ0n) is 32.7. The molecule has 0 bridgehead atoms. The Balaban J connectivity index is 0.852. The van der Waals surface area contributed by atoms with Crippen LogP contribution in [-0.4, -0.2) is 58.5 Å². The number of aliphatic hydroxyl groups is 1. The summed E-state index contributed by atoms with van der Waals surface area (Å²) in [5.74, 6) is 0.997. The van der Waals surface area contributed by atoms with Gasteiger partial charge in [0, 0.05) is 35.0 Å². The quantitative estimate of drug-likeness (QED) is 0.284. The monoisotopic (exact) mass is 742 g/mol. The molecule has 0 heterocycles. The number of hydrogen-bond donors (Lipinski definition) is 1. The van der Waals surface area contributed by atoms with Crippen LogP contribution in [0.2, 0.25) is 0 Å². The Kier molecular flexibility index (Phi) is 9.22. The predicted octanol–water partition coefficient (Wildman–Crippen LogP) is 6.64. The summed E-state index contributed by atoms with van der Waals surface area (Å²) in [6.45, 7) is 10.2. The molecule has 0 spiro atoms. The van der Waals surface area contributed by atoms with Crippen LogP contribution in [-0.2, 0) is 38.2 Å². The fraction of sp³-hybridized carbons (Fsp3) is 0.733. The number of Topliss-reactive ketones (excluding diaryl/α,β-unsaturated/α-hetero) is 2. The second-order valence-corrected chi connectivity index (χ2v) is 19.5. The third-order valence-electron chi connectivity index (χ3n) is 16.9. The molecule has 14 unspecified atom stereocenters. The Hall–Kier alpha value is -3.20. The molecule has 6 fully saturated rings. The summed E-state index contributed by atoms with van der Waals surface area (Å²) >= 11 is 0. The lowest BCUT2D eigenvalue weighted by Gasteiger charge is -2.58. The van der Waals surface area contributed by atoms with Gasteiger partial charge in [-0.2, -0.15) is 0 Å². The van der Waals surface area contributed by atoms with Crippen molar-refractivity contribution in [2.75, 3.05) is 6.61 Å². The van der Waals surface area contributed by atoms with Crippen LogP contribution in [0.3, 0.4) is 0 Å². The van der Waals surface area contributed by atoms with Crippen LogP contribution in [0, 0.1) is 69.5 Å². The first-order valence-corrected chi connectivity index (χ1v) is 20.8. The van der Waals surface area contributed by atoms with E-state index in [1.54, 1.807) is 12.2 Å². The number of ketones is 4. The SMILES string of the molecule is CC1CC2(C)C(OC(=O)CCC(=O)OCC(=O)C3(O)CCC4C5CCC6=CC(=O)C=CC6(C)C5C(=O)CC43C)CCC2C2C(C)CC3=CC(=O)CCC3C12. The fourth-order valence-corrected chi connectivity index (χ4v) is 14.5. The lowest BCUT2D eigenvalue weighted by molar-refractivity contribution is -0.173. The number of ether oxygens (including phenoxy) is 2. The Morgan fingerprint density at radius 1 is 0.870 bits per heavy atom. The maximum absolute atomic E-state index is 13.9. The summed E-state index contributed by atoms with van der Waals surface area (Å²) in [5.41, 5.74) is -1.14. The highest BCUT2D eigenvalue weighted by molar-refractivity contribution is 6.02. The predicted molar refractivity (Wildman–Crippen MR) is 198 cm³/mol. The Bertz CT molecular complexity index is 1770. The van der Waals surface area contributed by atoms with Crippen LogP contribution in [0.4, 0.5) is 0 Å². The third-order valence-corrected chi connectivity index (χ3v) is 16.9. The van der Waals surface area contributed by atoms with Crippen molar-refractivity contribution in [3.8, 4) is 0 Å². The van der Waals surface area contributed by atoms with Crippen molar-refractivity contribution in [2.24, 2.45) is 69.5 Å². The van der Waals surface area contributed by atoms with E-state index in [0.29, 0.717) is 54.8 Å². The van der Waals surface area contributed by atoms with Crippen molar-refractivity contribution >= 4 is 35.1 Å². The molecule has 6 saturated carbocycles. The van der Waals surface area contributed by atoms with E-state index in [9.17, 15) is 33.9 Å². The van der Waals surface area contributed by atoms with Gasteiger partial charge in [0.05, 0.1) is 12.8 Å². The lowest BCUT2D eigenvalue weighted by Crippen LogP contribution is -2.60. The number of esters is 2. The smallest absolute Gasteiger partial charge is 0.306 e. The van der Waals surface area contributed by atoms with Crippen LogP contribution in [0.5, 0.6) is 0 Å². The van der Waals surface area contributed by atoms with E-state index in [-0.39, 0.29) is 72.3 Å². The summed E-state index contributed by atoms with van der Waals surface area (Å²) in [6.07, 6.45) is 14.0. The summed E-state index contributed by atoms with van der Waals surface area (Å²) in [4.78, 5) is 78.0. The molecule has 8 aliphatic carbocycles. The van der Waals surface area contributed by atoms with Crippen LogP contribution in [0.25, 0.3) is 0 Å². The largest absolute Gasteiger partial charge is 0.462 e. The van der Waals surface area contributed by atoms with Gasteiger partial charge in [0.25, 0.3) is 0 Å². The standard InChI is InChI=1S/C45H58O9/c1-24-18-26-19-28(46)7-9-30(26)39-25(2)21-43(4)33(40(24)39)10-11-36(43)54-38(51)13-12-37(50)53-23-35(49)45(52)17-15-32-31-8-6-27-20-29(47)14-16-42(27,3)41(31)34(48)22-44(32,45)5/h14,16,19-20,24-25,30-33,36,39-41,52H,6-13,15,17-18,21-23H2,1-5H3. The number of rotatable bonds is 7. The number of allylic oxidation sites excluding steroid dienone is 5. The normalized spacial score (nSPS) is 46.1. The molecule has 0 aromatic rings. The zero-order chi connectivity index (χ0) is 38.5. The molecule has 0 saturated heterocycles. The molecule has 0 aromatic carbocycles. The summed E-state index contributed by atoms with van der Waals surface area (Å²) in [5, 5.41) is 12.0. The summed E-state index contributed by atoms with van der Waals surface area (Å²) < 4.78 is 11.5. The van der Waals surface area contributed by atoms with Crippen LogP contribution in [0.15, 0.2) is 35.5 Å². The minimum atomic E-state index is -1.81. The molecule has 0 aromatic heterocycles. The highest BCUT2D eigenvalue weighted by Crippen LogP contribution is 2.67. The first-order valence-electron chi connectivity index (χ1n) is 20.8. The lowest BCUT2D eigenvalue weighted by atomic mass is 9.46. The van der Waals surface area contributed by atoms with Crippen molar-refractivity contribution < 1.29 is 43.3 Å². The second-order valence-electron chi connectivity index (χ2n) is 19.5. The van der Waals surface area contributed by atoms with Gasteiger partial charge in [-0.05, 0) is 123 Å². The summed E-state index contributed by atoms with van der Waals surface area (Å²) in [6, 6.07) is 0. The molecular weight excluding hydrogens is 684 g/mol. The van der Waals surface area contributed by atoms with E-state index >= 15 is 0 Å². The van der Waals surface area contributed by atoms with E-state index < -0.39 is 40.8 Å². The van der Waals surface area contributed by atoms with Crippen molar-refractivity contribution in [2.45, 2.75) is 130 Å². The van der Waals surface area contributed by atoms with Crippen LogP contribution >= 0.6 is 0 Å². The molecule has 1 N–H and O–H groups in total. The van der Waals surface area contributed by atoms with Gasteiger partial charge >= 0.3 is 11.9 Å². The average molecular weight is 743 g/mol. The van der Waals surface area contributed by atoms with Crippen molar-refractivity contribution in [1.29, 1.82) is 0 Å². The van der Waals surface area contributed by atoms with E-state index in [1.807, 2.05) is 26.0 Å². The van der Waals surface area contributed by atoms with Gasteiger partial charge < -0.3 is 14.6 Å². The number of fused-ring (bicyclic) bond motifs is 10. The van der Waals surface area contributed by atoms with Gasteiger partial charge in [-0.25, -0.2) is 0 Å². The molecule has 9 heteroatoms. The van der Waals surface area contributed by atoms with Crippen LogP contribution in [0.1, 0.15) is 118 Å². The Morgan fingerprint density at radius 2 is 1.63 bits per heavy atom. The average Bonchev–Trinajstić information content (AvgIpc) is 3.57. The second kappa shape index (κ2) is 13.2. The Morgan fingerprint density at radius 3 is 2.41 bits per heavy atom. The minimum absolute atomic E-state index is 0.000818. The third kappa shape index (κ3) is 5.62. The molecule has 0 radical (unpaired) electrons. The highest BCUT2D eigenvalue weighted by atomic mass is 16.5. The first kappa shape index (κ1) is 37.7. The zero-order valence-corrected chi connectivity index (χ0v) is 32.7. The summed E-state index contributed by atoms with van der Waals surface area (Å²) in [7, 11) is 0. The number of carbonyl (C=O) groups is 6. The van der Waals surface area contributed by atoms with Crippen LogP contribution < -0.4 is 0 Å². The van der Waals surface area contributed by atoms with E-state index in [4.69, 9.17) is 9.47 Å². The van der Waals surface area contributed by atoms with Crippen molar-refractivity contribution in [3.05, 3.63) is 35.5 Å². The first-order chi connectivity index (χ1) is 25.5. The molecule has 9 nitrogen and oxygen atoms in total. The van der Waals surface area contributed by atoms with E-state index in [1.165, 1.54) is 5.57 Å². The topological polar surface area (TPSA) is 141 Å². The molecule has 54 heavy (non-hydrogen) atoms. The fourth-order valence-electron chi connectivity index (χ4n) is 14.5. The van der Waals surface area contributed by atoms with Gasteiger partial charge in [-0.1, -0.05) is 51.8 Å². The maximum atomic E-state index is 13.9. The van der Waals surface area contributed by atoms with E-state index in [2.05, 4.69) is 20.8 Å². The van der Waals surface area contributed by atoms with Crippen molar-refractivity contribution in [1.82, 2.24) is 0 Å². The molecule has 14 atom stereocenters. The van der Waals surface area contributed by atoms with Gasteiger partial charge in [0.2, 0.25) is 5.78 Å².